The van der Waals surface area contributed by atoms with Gasteiger partial charge in [-0.1, -0.05) is 30.3 Å². The first-order chi connectivity index (χ1) is 19.5. The largest absolute Gasteiger partial charge is 0.493 e. The molecular formula is C30H35N3O6S. The number of carbonyl (C=O) groups excluding carboxylic acids is 2. The fraction of sp³-hybridized carbons (Fsp3) is 0.400. The first-order valence-corrected chi connectivity index (χ1v) is 14.4. The molecule has 0 aliphatic carbocycles. The number of carbonyl (C=O) groups is 2. The molecule has 2 unspecified atom stereocenters. The Kier molecular flexibility index (Phi) is 8.86. The van der Waals surface area contributed by atoms with Crippen LogP contribution in [-0.4, -0.2) is 73.9 Å². The quantitative estimate of drug-likeness (QED) is 0.410. The minimum atomic E-state index is -0.640. The molecule has 3 aromatic rings. The highest BCUT2D eigenvalue weighted by Crippen LogP contribution is 2.44. The van der Waals surface area contributed by atoms with Gasteiger partial charge >= 0.3 is 0 Å². The van der Waals surface area contributed by atoms with E-state index in [4.69, 9.17) is 18.6 Å². The van der Waals surface area contributed by atoms with E-state index >= 15 is 0 Å². The van der Waals surface area contributed by atoms with E-state index in [1.807, 2.05) is 12.1 Å². The maximum absolute atomic E-state index is 14.1. The lowest BCUT2D eigenvalue weighted by atomic mass is 10.0. The number of nitrogens with one attached hydrogen (secondary N) is 1. The fourth-order valence-corrected chi connectivity index (χ4v) is 6.76. The molecule has 212 valence electrons. The number of likely N-dealkylation sites (tertiary alicyclic amines) is 1. The number of ether oxygens (including phenoxy) is 3. The topological polar surface area (TPSA) is 93.5 Å². The molecule has 9 nitrogen and oxygen atoms in total. The number of nitrogens with zero attached hydrogens (tertiary/aromatic N) is 2. The molecule has 2 aliphatic rings. The number of hydrogen-bond acceptors (Lipinski definition) is 8. The van der Waals surface area contributed by atoms with Gasteiger partial charge in [-0.05, 0) is 36.6 Å². The summed E-state index contributed by atoms with van der Waals surface area (Å²) in [5.74, 6) is 1.19. The normalized spacial score (nSPS) is 19.8. The number of hydrogen-bond donors (Lipinski definition) is 1. The van der Waals surface area contributed by atoms with Gasteiger partial charge in [0.25, 0.3) is 5.91 Å². The lowest BCUT2D eigenvalue weighted by molar-refractivity contribution is -0.125. The van der Waals surface area contributed by atoms with Crippen LogP contribution in [0.4, 0.5) is 0 Å². The summed E-state index contributed by atoms with van der Waals surface area (Å²) in [5.41, 5.74) is 2.46. The minimum absolute atomic E-state index is 0.0654. The zero-order valence-corrected chi connectivity index (χ0v) is 23.8. The van der Waals surface area contributed by atoms with E-state index < -0.39 is 6.04 Å². The van der Waals surface area contributed by atoms with Crippen molar-refractivity contribution in [3.63, 3.8) is 0 Å². The third-order valence-corrected chi connectivity index (χ3v) is 8.78. The molecule has 2 fully saturated rings. The van der Waals surface area contributed by atoms with Crippen LogP contribution in [0.25, 0.3) is 0 Å². The second-order valence-corrected chi connectivity index (χ2v) is 11.0. The summed E-state index contributed by atoms with van der Waals surface area (Å²) in [6.07, 6.45) is 4.93. The Hall–Kier alpha value is -3.63. The summed E-state index contributed by atoms with van der Waals surface area (Å²) in [6, 6.07) is 14.9. The van der Waals surface area contributed by atoms with Crippen molar-refractivity contribution in [2.24, 2.45) is 0 Å². The van der Waals surface area contributed by atoms with E-state index in [-0.39, 0.29) is 23.2 Å². The average Bonchev–Trinajstić information content (AvgIpc) is 3.68. The molecule has 3 heterocycles. The third kappa shape index (κ3) is 5.93. The molecule has 0 saturated carbocycles. The molecule has 2 amide bonds. The second kappa shape index (κ2) is 12.7. The zero-order chi connectivity index (χ0) is 28.1. The van der Waals surface area contributed by atoms with Gasteiger partial charge in [-0.2, -0.15) is 0 Å². The predicted molar refractivity (Wildman–Crippen MR) is 153 cm³/mol. The Morgan fingerprint density at radius 1 is 1.00 bits per heavy atom. The lowest BCUT2D eigenvalue weighted by Gasteiger charge is -2.34. The standard InChI is InChI=1S/C30H35N3O6S/c1-36-25-15-22(16-26(37-2)27(25)38-3)29(35)33-24(19-40-30(33)21-11-14-39-18-21)28(34)31-23-9-12-32(13-10-23)17-20-7-5-4-6-8-20/h4-8,11,14-16,18,23-24,30H,9-10,12-13,17,19H2,1-3H3,(H,31,34). The van der Waals surface area contributed by atoms with Gasteiger partial charge in [-0.25, -0.2) is 0 Å². The van der Waals surface area contributed by atoms with Crippen molar-refractivity contribution in [3.05, 3.63) is 77.7 Å². The molecule has 2 saturated heterocycles. The second-order valence-electron chi connectivity index (χ2n) is 9.93. The SMILES string of the molecule is COc1cc(C(=O)N2C(C(=O)NC3CCN(Cc4ccccc4)CC3)CSC2c2ccoc2)cc(OC)c1OC. The molecule has 2 aromatic carbocycles. The van der Waals surface area contributed by atoms with Crippen molar-refractivity contribution in [1.82, 2.24) is 15.1 Å². The van der Waals surface area contributed by atoms with E-state index in [0.717, 1.165) is 38.0 Å². The van der Waals surface area contributed by atoms with Gasteiger partial charge in [-0.3, -0.25) is 14.5 Å². The van der Waals surface area contributed by atoms with Crippen LogP contribution in [0.1, 0.15) is 39.7 Å². The predicted octanol–water partition coefficient (Wildman–Crippen LogP) is 4.34. The number of furan rings is 1. The number of piperidine rings is 1. The Bertz CT molecular complexity index is 1270. The summed E-state index contributed by atoms with van der Waals surface area (Å²) in [4.78, 5) is 31.8. The Balaban J connectivity index is 1.32. The molecule has 0 spiro atoms. The van der Waals surface area contributed by atoms with Crippen LogP contribution in [0.2, 0.25) is 0 Å². The highest BCUT2D eigenvalue weighted by Gasteiger charge is 2.44. The number of amides is 2. The van der Waals surface area contributed by atoms with E-state index in [2.05, 4.69) is 34.5 Å². The molecule has 5 rings (SSSR count). The van der Waals surface area contributed by atoms with Crippen molar-refractivity contribution in [2.45, 2.75) is 36.8 Å². The number of thioether (sulfide) groups is 1. The van der Waals surface area contributed by atoms with Crippen LogP contribution in [-0.2, 0) is 11.3 Å². The van der Waals surface area contributed by atoms with Gasteiger partial charge in [0.15, 0.2) is 11.5 Å². The van der Waals surface area contributed by atoms with Crippen LogP contribution in [0.5, 0.6) is 17.2 Å². The van der Waals surface area contributed by atoms with E-state index in [1.54, 1.807) is 41.3 Å². The number of methoxy groups -OCH3 is 3. The van der Waals surface area contributed by atoms with Crippen molar-refractivity contribution in [1.29, 1.82) is 0 Å². The highest BCUT2D eigenvalue weighted by molar-refractivity contribution is 7.99. The summed E-state index contributed by atoms with van der Waals surface area (Å²) in [7, 11) is 4.53. The minimum Gasteiger partial charge on any atom is -0.493 e. The molecule has 40 heavy (non-hydrogen) atoms. The molecule has 0 bridgehead atoms. The van der Waals surface area contributed by atoms with Crippen molar-refractivity contribution in [2.75, 3.05) is 40.2 Å². The molecule has 10 heteroatoms. The first kappa shape index (κ1) is 27.9. The monoisotopic (exact) mass is 565 g/mol. The molecule has 1 aromatic heterocycles. The van der Waals surface area contributed by atoms with E-state index in [1.165, 1.54) is 26.9 Å². The maximum Gasteiger partial charge on any atom is 0.256 e. The summed E-state index contributed by atoms with van der Waals surface area (Å²) in [6.45, 7) is 2.72. The Labute approximate surface area is 238 Å². The van der Waals surface area contributed by atoms with Gasteiger partial charge in [0.1, 0.15) is 11.4 Å². The van der Waals surface area contributed by atoms with Gasteiger partial charge in [0.05, 0.1) is 33.9 Å². The van der Waals surface area contributed by atoms with Crippen molar-refractivity contribution < 1.29 is 28.2 Å². The fourth-order valence-electron chi connectivity index (χ4n) is 5.36. The summed E-state index contributed by atoms with van der Waals surface area (Å²) >= 11 is 1.55. The Morgan fingerprint density at radius 3 is 2.30 bits per heavy atom. The molecule has 2 atom stereocenters. The first-order valence-electron chi connectivity index (χ1n) is 13.4. The molecule has 0 radical (unpaired) electrons. The molecular weight excluding hydrogens is 530 g/mol. The summed E-state index contributed by atoms with van der Waals surface area (Å²) in [5, 5.41) is 2.88. The van der Waals surface area contributed by atoms with E-state index in [0.29, 0.717) is 28.6 Å². The van der Waals surface area contributed by atoms with Gasteiger partial charge < -0.3 is 28.8 Å². The molecule has 1 N–H and O–H groups in total. The summed E-state index contributed by atoms with van der Waals surface area (Å²) < 4.78 is 21.7. The zero-order valence-electron chi connectivity index (χ0n) is 23.0. The van der Waals surface area contributed by atoms with Crippen LogP contribution < -0.4 is 19.5 Å². The molecule has 2 aliphatic heterocycles. The smallest absolute Gasteiger partial charge is 0.256 e. The average molecular weight is 566 g/mol. The van der Waals surface area contributed by atoms with Crippen LogP contribution in [0.3, 0.4) is 0 Å². The maximum atomic E-state index is 14.1. The van der Waals surface area contributed by atoms with Gasteiger partial charge in [0, 0.05) is 42.6 Å². The van der Waals surface area contributed by atoms with Crippen LogP contribution in [0, 0.1) is 0 Å². The number of benzene rings is 2. The van der Waals surface area contributed by atoms with Gasteiger partial charge in [-0.15, -0.1) is 11.8 Å². The van der Waals surface area contributed by atoms with Gasteiger partial charge in [0.2, 0.25) is 11.7 Å². The van der Waals surface area contributed by atoms with E-state index in [9.17, 15) is 9.59 Å². The van der Waals surface area contributed by atoms with Crippen LogP contribution in [0.15, 0.2) is 65.5 Å². The Morgan fingerprint density at radius 2 is 1.70 bits per heavy atom. The van der Waals surface area contributed by atoms with Crippen molar-refractivity contribution in [3.8, 4) is 17.2 Å². The third-order valence-electron chi connectivity index (χ3n) is 7.46. The van der Waals surface area contributed by atoms with Crippen LogP contribution >= 0.6 is 11.8 Å². The highest BCUT2D eigenvalue weighted by atomic mass is 32.2. The number of rotatable bonds is 9. The van der Waals surface area contributed by atoms with Crippen molar-refractivity contribution >= 4 is 23.6 Å². The lowest BCUT2D eigenvalue weighted by Crippen LogP contribution is -2.52.